The van der Waals surface area contributed by atoms with Crippen molar-refractivity contribution in [3.8, 4) is 5.75 Å². The Labute approximate surface area is 162 Å². The Balaban J connectivity index is 1.49. The number of rotatable bonds is 6. The van der Waals surface area contributed by atoms with Gasteiger partial charge in [-0.25, -0.2) is 0 Å². The summed E-state index contributed by atoms with van der Waals surface area (Å²) >= 11 is 0. The molecule has 0 radical (unpaired) electrons. The molecule has 2 fully saturated rings. The van der Waals surface area contributed by atoms with E-state index >= 15 is 0 Å². The molecule has 6 heteroatoms. The third kappa shape index (κ3) is 5.01. The molecule has 1 aromatic carbocycles. The molecule has 2 saturated heterocycles. The van der Waals surface area contributed by atoms with E-state index in [2.05, 4.69) is 18.7 Å². The Morgan fingerprint density at radius 2 is 1.85 bits per heavy atom. The number of piperazine rings is 1. The fourth-order valence-electron chi connectivity index (χ4n) is 3.99. The lowest BCUT2D eigenvalue weighted by atomic mass is 9.95. The van der Waals surface area contributed by atoms with Crippen molar-refractivity contribution < 1.29 is 14.3 Å². The van der Waals surface area contributed by atoms with E-state index in [-0.39, 0.29) is 17.9 Å². The number of hydrogen-bond donors (Lipinski definition) is 0. The van der Waals surface area contributed by atoms with Crippen molar-refractivity contribution in [2.75, 3.05) is 39.8 Å². The van der Waals surface area contributed by atoms with Gasteiger partial charge in [-0.05, 0) is 43.9 Å². The Bertz CT molecular complexity index is 659. The van der Waals surface area contributed by atoms with Crippen molar-refractivity contribution in [3.63, 3.8) is 0 Å². The van der Waals surface area contributed by atoms with Crippen LogP contribution in [0.25, 0.3) is 0 Å². The molecule has 6 nitrogen and oxygen atoms in total. The zero-order valence-corrected chi connectivity index (χ0v) is 16.7. The van der Waals surface area contributed by atoms with Crippen molar-refractivity contribution in [2.24, 2.45) is 5.92 Å². The normalized spacial score (nSPS) is 21.9. The third-order valence-electron chi connectivity index (χ3n) is 5.61. The van der Waals surface area contributed by atoms with E-state index in [1.54, 1.807) is 7.11 Å². The first-order valence-corrected chi connectivity index (χ1v) is 9.88. The lowest BCUT2D eigenvalue weighted by Crippen LogP contribution is -2.53. The molecule has 2 aliphatic heterocycles. The number of benzene rings is 1. The molecule has 2 amide bonds. The lowest BCUT2D eigenvalue weighted by molar-refractivity contribution is -0.140. The number of carbonyl (C=O) groups is 2. The van der Waals surface area contributed by atoms with Crippen LogP contribution in [0.2, 0.25) is 0 Å². The van der Waals surface area contributed by atoms with E-state index in [9.17, 15) is 9.59 Å². The zero-order chi connectivity index (χ0) is 19.4. The second kappa shape index (κ2) is 8.74. The van der Waals surface area contributed by atoms with Gasteiger partial charge >= 0.3 is 0 Å². The van der Waals surface area contributed by atoms with Crippen molar-refractivity contribution >= 4 is 11.8 Å². The molecule has 148 valence electrons. The number of nitrogens with zero attached hydrogens (tertiary/aromatic N) is 3. The van der Waals surface area contributed by atoms with Crippen molar-refractivity contribution in [1.82, 2.24) is 14.7 Å². The average Bonchev–Trinajstić information content (AvgIpc) is 2.66. The molecule has 2 heterocycles. The number of piperidine rings is 1. The van der Waals surface area contributed by atoms with Gasteiger partial charge in [-0.3, -0.25) is 14.5 Å². The van der Waals surface area contributed by atoms with Gasteiger partial charge in [0.15, 0.2) is 0 Å². The van der Waals surface area contributed by atoms with Crippen molar-refractivity contribution in [2.45, 2.75) is 39.3 Å². The van der Waals surface area contributed by atoms with Crippen LogP contribution in [0.4, 0.5) is 0 Å². The summed E-state index contributed by atoms with van der Waals surface area (Å²) in [6.07, 6.45) is 1.57. The van der Waals surface area contributed by atoms with Crippen LogP contribution in [-0.4, -0.2) is 72.4 Å². The highest BCUT2D eigenvalue weighted by atomic mass is 16.5. The minimum absolute atomic E-state index is 0.185. The quantitative estimate of drug-likeness (QED) is 0.765. The average molecular weight is 373 g/mol. The Morgan fingerprint density at radius 3 is 2.48 bits per heavy atom. The maximum absolute atomic E-state index is 12.6. The summed E-state index contributed by atoms with van der Waals surface area (Å²) in [4.78, 5) is 30.8. The number of methoxy groups -OCH3 is 1. The molecular formula is C21H31N3O3. The fraction of sp³-hybridized carbons (Fsp3) is 0.619. The molecule has 0 saturated carbocycles. The molecule has 3 rings (SSSR count). The molecule has 1 unspecified atom stereocenters. The monoisotopic (exact) mass is 373 g/mol. The summed E-state index contributed by atoms with van der Waals surface area (Å²) in [5.41, 5.74) is 1.12. The summed E-state index contributed by atoms with van der Waals surface area (Å²) in [6, 6.07) is 8.14. The number of ether oxygens (including phenoxy) is 1. The van der Waals surface area contributed by atoms with Gasteiger partial charge < -0.3 is 14.5 Å². The second-order valence-electron chi connectivity index (χ2n) is 7.94. The maximum Gasteiger partial charge on any atom is 0.237 e. The van der Waals surface area contributed by atoms with Gasteiger partial charge in [0, 0.05) is 45.2 Å². The predicted octanol–water partition coefficient (Wildman–Crippen LogP) is 1.99. The molecule has 27 heavy (non-hydrogen) atoms. The Kier molecular flexibility index (Phi) is 6.37. The zero-order valence-electron chi connectivity index (χ0n) is 16.7. The topological polar surface area (TPSA) is 53.1 Å². The highest BCUT2D eigenvalue weighted by Crippen LogP contribution is 2.22. The molecule has 1 aromatic rings. The predicted molar refractivity (Wildman–Crippen MR) is 104 cm³/mol. The summed E-state index contributed by atoms with van der Waals surface area (Å²) in [6.45, 7) is 8.63. The fourth-order valence-corrected chi connectivity index (χ4v) is 3.99. The van der Waals surface area contributed by atoms with Crippen LogP contribution < -0.4 is 4.74 Å². The molecule has 0 N–H and O–H groups in total. The molecular weight excluding hydrogens is 342 g/mol. The van der Waals surface area contributed by atoms with Crippen molar-refractivity contribution in [3.05, 3.63) is 29.8 Å². The first-order valence-electron chi connectivity index (χ1n) is 9.88. The van der Waals surface area contributed by atoms with E-state index in [0.717, 1.165) is 43.9 Å². The number of hydrogen-bond acceptors (Lipinski definition) is 4. The highest BCUT2D eigenvalue weighted by molar-refractivity contribution is 5.79. The van der Waals surface area contributed by atoms with Crippen LogP contribution in [0.5, 0.6) is 5.75 Å². The van der Waals surface area contributed by atoms with Gasteiger partial charge in [0.1, 0.15) is 5.75 Å². The van der Waals surface area contributed by atoms with E-state index in [4.69, 9.17) is 4.74 Å². The first-order chi connectivity index (χ1) is 13.0. The SMILES string of the molecule is COc1ccc(CN2CCN(CC3CCC(=O)N(C(C)C)C3)CC2=O)cc1. The maximum atomic E-state index is 12.6. The molecule has 0 bridgehead atoms. The molecule has 0 aliphatic carbocycles. The summed E-state index contributed by atoms with van der Waals surface area (Å²) in [7, 11) is 1.65. The lowest BCUT2D eigenvalue weighted by Gasteiger charge is -2.40. The van der Waals surface area contributed by atoms with Crippen LogP contribution in [-0.2, 0) is 16.1 Å². The number of carbonyl (C=O) groups excluding carboxylic acids is 2. The Hall–Kier alpha value is -2.08. The standard InChI is InChI=1S/C21H31N3O3/c1-16(2)24-14-18(6-9-20(24)25)12-22-10-11-23(21(26)15-22)13-17-4-7-19(27-3)8-5-17/h4-5,7-8,16,18H,6,9-15H2,1-3H3. The largest absolute Gasteiger partial charge is 0.497 e. The summed E-state index contributed by atoms with van der Waals surface area (Å²) in [5, 5.41) is 0. The number of likely N-dealkylation sites (tertiary alicyclic amines) is 1. The van der Waals surface area contributed by atoms with Crippen LogP contribution >= 0.6 is 0 Å². The summed E-state index contributed by atoms with van der Waals surface area (Å²) < 4.78 is 5.18. The van der Waals surface area contributed by atoms with Crippen LogP contribution in [0.15, 0.2) is 24.3 Å². The second-order valence-corrected chi connectivity index (χ2v) is 7.94. The smallest absolute Gasteiger partial charge is 0.237 e. The van der Waals surface area contributed by atoms with E-state index < -0.39 is 0 Å². The van der Waals surface area contributed by atoms with E-state index in [0.29, 0.717) is 25.4 Å². The van der Waals surface area contributed by atoms with Crippen LogP contribution in [0.3, 0.4) is 0 Å². The molecule has 2 aliphatic rings. The van der Waals surface area contributed by atoms with Crippen molar-refractivity contribution in [1.29, 1.82) is 0 Å². The third-order valence-corrected chi connectivity index (χ3v) is 5.61. The van der Waals surface area contributed by atoms with Gasteiger partial charge in [-0.15, -0.1) is 0 Å². The Morgan fingerprint density at radius 1 is 1.11 bits per heavy atom. The molecule has 0 spiro atoms. The molecule has 0 aromatic heterocycles. The van der Waals surface area contributed by atoms with Gasteiger partial charge in [0.05, 0.1) is 13.7 Å². The molecule has 1 atom stereocenters. The van der Waals surface area contributed by atoms with Gasteiger partial charge in [-0.1, -0.05) is 12.1 Å². The van der Waals surface area contributed by atoms with Crippen LogP contribution in [0.1, 0.15) is 32.3 Å². The first kappa shape index (κ1) is 19.7. The highest BCUT2D eigenvalue weighted by Gasteiger charge is 2.31. The summed E-state index contributed by atoms with van der Waals surface area (Å²) in [5.74, 6) is 1.74. The van der Waals surface area contributed by atoms with E-state index in [1.165, 1.54) is 0 Å². The number of amides is 2. The van der Waals surface area contributed by atoms with E-state index in [1.807, 2.05) is 34.1 Å². The van der Waals surface area contributed by atoms with Gasteiger partial charge in [-0.2, -0.15) is 0 Å². The van der Waals surface area contributed by atoms with Gasteiger partial charge in [0.25, 0.3) is 0 Å². The minimum atomic E-state index is 0.185. The van der Waals surface area contributed by atoms with Crippen LogP contribution in [0, 0.1) is 5.92 Å². The minimum Gasteiger partial charge on any atom is -0.497 e. The van der Waals surface area contributed by atoms with Gasteiger partial charge in [0.2, 0.25) is 11.8 Å².